The van der Waals surface area contributed by atoms with Gasteiger partial charge in [0.15, 0.2) is 5.76 Å². The minimum atomic E-state index is -0.427. The third-order valence-corrected chi connectivity index (χ3v) is 5.32. The van der Waals surface area contributed by atoms with Crippen LogP contribution in [0, 0.1) is 0 Å². The third-order valence-electron chi connectivity index (χ3n) is 4.78. The molecule has 0 saturated heterocycles. The van der Waals surface area contributed by atoms with E-state index in [9.17, 15) is 9.59 Å². The van der Waals surface area contributed by atoms with Crippen LogP contribution in [0.4, 0.5) is 11.4 Å². The summed E-state index contributed by atoms with van der Waals surface area (Å²) >= 11 is 12.1. The number of carbonyl (C=O) groups is 2. The Morgan fingerprint density at radius 1 is 0.968 bits per heavy atom. The molecule has 1 amide bonds. The molecular weight excluding hydrogens is 437 g/mol. The fourth-order valence-electron chi connectivity index (χ4n) is 3.25. The standard InChI is InChI=1S/C23H17Cl2N3O3/c24-14-5-7-16(18(25)10-14)22(30)23-21(27)17-6-4-13(9-19(17)31-23)12-2-1-3-15(8-12)28-20(29)11-26/h1-10H,11,26-27H2,(H,28,29). The molecule has 4 rings (SSSR count). The first-order valence-electron chi connectivity index (χ1n) is 9.29. The molecule has 0 spiro atoms. The van der Waals surface area contributed by atoms with E-state index in [4.69, 9.17) is 39.1 Å². The maximum Gasteiger partial charge on any atom is 0.238 e. The number of carbonyl (C=O) groups excluding carboxylic acids is 2. The highest BCUT2D eigenvalue weighted by Gasteiger charge is 2.22. The number of rotatable bonds is 5. The highest BCUT2D eigenvalue weighted by Crippen LogP contribution is 2.35. The molecule has 0 atom stereocenters. The number of amides is 1. The van der Waals surface area contributed by atoms with Gasteiger partial charge in [-0.15, -0.1) is 0 Å². The number of furan rings is 1. The first kappa shape index (κ1) is 20.9. The fourth-order valence-corrected chi connectivity index (χ4v) is 3.74. The Hall–Kier alpha value is -3.32. The van der Waals surface area contributed by atoms with Gasteiger partial charge in [-0.05, 0) is 53.6 Å². The Morgan fingerprint density at radius 2 is 1.74 bits per heavy atom. The molecule has 5 N–H and O–H groups in total. The van der Waals surface area contributed by atoms with Gasteiger partial charge in [-0.25, -0.2) is 0 Å². The van der Waals surface area contributed by atoms with Gasteiger partial charge in [0.05, 0.1) is 17.3 Å². The summed E-state index contributed by atoms with van der Waals surface area (Å²) in [6, 6.07) is 17.3. The molecule has 0 saturated carbocycles. The van der Waals surface area contributed by atoms with Gasteiger partial charge in [0.1, 0.15) is 5.58 Å². The summed E-state index contributed by atoms with van der Waals surface area (Å²) in [5.74, 6) is -0.695. The first-order valence-corrected chi connectivity index (χ1v) is 10.0. The Morgan fingerprint density at radius 3 is 2.48 bits per heavy atom. The first-order chi connectivity index (χ1) is 14.9. The summed E-state index contributed by atoms with van der Waals surface area (Å²) in [5.41, 5.74) is 14.8. The molecule has 0 unspecified atom stereocenters. The van der Waals surface area contributed by atoms with E-state index in [-0.39, 0.29) is 34.5 Å². The van der Waals surface area contributed by atoms with Crippen molar-refractivity contribution < 1.29 is 14.0 Å². The summed E-state index contributed by atoms with van der Waals surface area (Å²) in [7, 11) is 0. The number of anilines is 2. The van der Waals surface area contributed by atoms with Crippen LogP contribution in [0.15, 0.2) is 65.1 Å². The highest BCUT2D eigenvalue weighted by molar-refractivity contribution is 6.37. The van der Waals surface area contributed by atoms with Crippen molar-refractivity contribution in [2.75, 3.05) is 17.6 Å². The van der Waals surface area contributed by atoms with Gasteiger partial charge >= 0.3 is 0 Å². The second-order valence-electron chi connectivity index (χ2n) is 6.84. The molecular formula is C23H17Cl2N3O3. The Bertz CT molecular complexity index is 1330. The number of benzene rings is 3. The van der Waals surface area contributed by atoms with E-state index < -0.39 is 5.78 Å². The van der Waals surface area contributed by atoms with Crippen molar-refractivity contribution in [2.45, 2.75) is 0 Å². The molecule has 1 aromatic heterocycles. The van der Waals surface area contributed by atoms with E-state index in [1.165, 1.54) is 12.1 Å². The Kier molecular flexibility index (Phi) is 5.69. The zero-order chi connectivity index (χ0) is 22.1. The molecule has 0 aliphatic rings. The average molecular weight is 454 g/mol. The van der Waals surface area contributed by atoms with Crippen LogP contribution in [0.5, 0.6) is 0 Å². The van der Waals surface area contributed by atoms with Crippen molar-refractivity contribution in [2.24, 2.45) is 5.73 Å². The van der Waals surface area contributed by atoms with Gasteiger partial charge in [-0.1, -0.05) is 41.4 Å². The van der Waals surface area contributed by atoms with Crippen molar-refractivity contribution in [1.82, 2.24) is 0 Å². The molecule has 0 fully saturated rings. The largest absolute Gasteiger partial charge is 0.450 e. The highest BCUT2D eigenvalue weighted by atomic mass is 35.5. The molecule has 31 heavy (non-hydrogen) atoms. The van der Waals surface area contributed by atoms with Crippen molar-refractivity contribution in [3.8, 4) is 11.1 Å². The van der Waals surface area contributed by atoms with Crippen LogP contribution in [-0.4, -0.2) is 18.2 Å². The zero-order valence-corrected chi connectivity index (χ0v) is 17.6. The van der Waals surface area contributed by atoms with Crippen LogP contribution >= 0.6 is 23.2 Å². The molecule has 0 bridgehead atoms. The van der Waals surface area contributed by atoms with Gasteiger partial charge in [0, 0.05) is 21.7 Å². The summed E-state index contributed by atoms with van der Waals surface area (Å²) in [5, 5.41) is 3.98. The molecule has 8 heteroatoms. The number of halogens is 2. The summed E-state index contributed by atoms with van der Waals surface area (Å²) in [6.07, 6.45) is 0. The van der Waals surface area contributed by atoms with E-state index >= 15 is 0 Å². The molecule has 1 heterocycles. The average Bonchev–Trinajstić information content (AvgIpc) is 3.09. The lowest BCUT2D eigenvalue weighted by molar-refractivity contribution is -0.114. The van der Waals surface area contributed by atoms with E-state index in [0.29, 0.717) is 21.7 Å². The van der Waals surface area contributed by atoms with Crippen LogP contribution in [0.2, 0.25) is 10.0 Å². The number of ketones is 1. The predicted octanol–water partition coefficient (Wildman–Crippen LogP) is 5.12. The monoisotopic (exact) mass is 453 g/mol. The van der Waals surface area contributed by atoms with E-state index in [0.717, 1.165) is 11.1 Å². The minimum absolute atomic E-state index is 0.0142. The second-order valence-corrected chi connectivity index (χ2v) is 7.69. The van der Waals surface area contributed by atoms with E-state index in [1.54, 1.807) is 24.3 Å². The van der Waals surface area contributed by atoms with E-state index in [2.05, 4.69) is 5.32 Å². The van der Waals surface area contributed by atoms with Crippen LogP contribution in [0.1, 0.15) is 16.1 Å². The van der Waals surface area contributed by atoms with Crippen LogP contribution in [0.25, 0.3) is 22.1 Å². The van der Waals surface area contributed by atoms with Crippen molar-refractivity contribution >= 4 is 57.2 Å². The van der Waals surface area contributed by atoms with Crippen molar-refractivity contribution in [3.63, 3.8) is 0 Å². The lowest BCUT2D eigenvalue weighted by atomic mass is 10.0. The number of hydrogen-bond donors (Lipinski definition) is 3. The van der Waals surface area contributed by atoms with Crippen LogP contribution in [-0.2, 0) is 4.79 Å². The summed E-state index contributed by atoms with van der Waals surface area (Å²) in [4.78, 5) is 24.5. The zero-order valence-electron chi connectivity index (χ0n) is 16.1. The molecule has 6 nitrogen and oxygen atoms in total. The topological polar surface area (TPSA) is 111 Å². The van der Waals surface area contributed by atoms with Crippen molar-refractivity contribution in [1.29, 1.82) is 0 Å². The number of nitrogen functional groups attached to an aromatic ring is 1. The maximum atomic E-state index is 12.9. The quantitative estimate of drug-likeness (QED) is 0.363. The van der Waals surface area contributed by atoms with Crippen LogP contribution in [0.3, 0.4) is 0 Å². The molecule has 156 valence electrons. The smallest absolute Gasteiger partial charge is 0.238 e. The molecule has 0 aliphatic carbocycles. The predicted molar refractivity (Wildman–Crippen MR) is 124 cm³/mol. The van der Waals surface area contributed by atoms with Gasteiger partial charge in [0.2, 0.25) is 11.7 Å². The fraction of sp³-hybridized carbons (Fsp3) is 0.0435. The van der Waals surface area contributed by atoms with Gasteiger partial charge in [-0.2, -0.15) is 0 Å². The SMILES string of the molecule is NCC(=O)Nc1cccc(-c2ccc3c(N)c(C(=O)c4ccc(Cl)cc4Cl)oc3c2)c1. The molecule has 4 aromatic rings. The summed E-state index contributed by atoms with van der Waals surface area (Å²) in [6.45, 7) is -0.101. The van der Waals surface area contributed by atoms with Gasteiger partial charge < -0.3 is 21.2 Å². The minimum Gasteiger partial charge on any atom is -0.450 e. The molecule has 0 radical (unpaired) electrons. The maximum absolute atomic E-state index is 12.9. The number of nitrogens with one attached hydrogen (secondary N) is 1. The summed E-state index contributed by atoms with van der Waals surface area (Å²) < 4.78 is 5.82. The Labute approximate surface area is 187 Å². The van der Waals surface area contributed by atoms with Crippen molar-refractivity contribution in [3.05, 3.63) is 82.0 Å². The normalized spacial score (nSPS) is 10.9. The van der Waals surface area contributed by atoms with E-state index in [1.807, 2.05) is 24.3 Å². The number of hydrogen-bond acceptors (Lipinski definition) is 5. The Balaban J connectivity index is 1.72. The molecule has 3 aromatic carbocycles. The van der Waals surface area contributed by atoms with Crippen LogP contribution < -0.4 is 16.8 Å². The second kappa shape index (κ2) is 8.43. The lowest BCUT2D eigenvalue weighted by Gasteiger charge is -2.07. The van der Waals surface area contributed by atoms with Gasteiger partial charge in [-0.3, -0.25) is 9.59 Å². The molecule has 0 aliphatic heterocycles. The lowest BCUT2D eigenvalue weighted by Crippen LogP contribution is -2.21. The third kappa shape index (κ3) is 4.14. The number of fused-ring (bicyclic) bond motifs is 1. The van der Waals surface area contributed by atoms with Gasteiger partial charge in [0.25, 0.3) is 0 Å². The number of nitrogens with two attached hydrogens (primary N) is 2.